The van der Waals surface area contributed by atoms with Gasteiger partial charge in [-0.25, -0.2) is 0 Å². The summed E-state index contributed by atoms with van der Waals surface area (Å²) in [7, 11) is 1.65. The van der Waals surface area contributed by atoms with Crippen LogP contribution in [0.25, 0.3) is 0 Å². The average Bonchev–Trinajstić information content (AvgIpc) is 3.49. The zero-order valence-corrected chi connectivity index (χ0v) is 16.7. The number of carbonyl (C=O) groups is 1. The van der Waals surface area contributed by atoms with Crippen LogP contribution in [0.2, 0.25) is 0 Å². The number of aromatic nitrogens is 4. The fourth-order valence-electron chi connectivity index (χ4n) is 3.36. The molecule has 7 nitrogen and oxygen atoms in total. The van der Waals surface area contributed by atoms with Crippen LogP contribution >= 0.6 is 0 Å². The summed E-state index contributed by atoms with van der Waals surface area (Å²) < 4.78 is 5.22. The number of hydrogen-bond acceptors (Lipinski definition) is 5. The van der Waals surface area contributed by atoms with Gasteiger partial charge in [0.05, 0.1) is 13.2 Å². The van der Waals surface area contributed by atoms with Crippen LogP contribution in [0.5, 0.6) is 5.75 Å². The Morgan fingerprint density at radius 3 is 2.55 bits per heavy atom. The fourth-order valence-corrected chi connectivity index (χ4v) is 3.36. The summed E-state index contributed by atoms with van der Waals surface area (Å²) in [4.78, 5) is 14.0. The van der Waals surface area contributed by atoms with Crippen molar-refractivity contribution in [2.75, 3.05) is 7.11 Å². The van der Waals surface area contributed by atoms with E-state index in [9.17, 15) is 4.79 Å². The van der Waals surface area contributed by atoms with Crippen molar-refractivity contribution < 1.29 is 9.53 Å². The van der Waals surface area contributed by atoms with E-state index in [-0.39, 0.29) is 18.5 Å². The van der Waals surface area contributed by atoms with Crippen LogP contribution in [0.15, 0.2) is 48.5 Å². The van der Waals surface area contributed by atoms with E-state index in [0.29, 0.717) is 18.2 Å². The van der Waals surface area contributed by atoms with E-state index in [1.54, 1.807) is 7.11 Å². The summed E-state index contributed by atoms with van der Waals surface area (Å²) in [6.45, 7) is 2.11. The molecule has 4 rings (SSSR count). The Balaban J connectivity index is 1.37. The Kier molecular flexibility index (Phi) is 5.55. The molecule has 1 saturated carbocycles. The lowest BCUT2D eigenvalue weighted by molar-refractivity contribution is -0.123. The summed E-state index contributed by atoms with van der Waals surface area (Å²) in [6.07, 6.45) is 2.84. The van der Waals surface area contributed by atoms with E-state index in [1.165, 1.54) is 10.4 Å². The van der Waals surface area contributed by atoms with Crippen LogP contribution in [-0.2, 0) is 17.8 Å². The van der Waals surface area contributed by atoms with E-state index in [4.69, 9.17) is 4.74 Å². The molecule has 1 fully saturated rings. The third-order valence-corrected chi connectivity index (χ3v) is 5.15. The lowest BCUT2D eigenvalue weighted by Crippen LogP contribution is -2.33. The van der Waals surface area contributed by atoms with Gasteiger partial charge in [-0.1, -0.05) is 42.0 Å². The normalized spacial score (nSPS) is 14.4. The number of aryl methyl sites for hydroxylation is 1. The van der Waals surface area contributed by atoms with Gasteiger partial charge in [0, 0.05) is 6.42 Å². The molecule has 150 valence electrons. The van der Waals surface area contributed by atoms with Gasteiger partial charge in [0.2, 0.25) is 5.91 Å². The zero-order valence-electron chi connectivity index (χ0n) is 16.7. The van der Waals surface area contributed by atoms with Gasteiger partial charge >= 0.3 is 0 Å². The Morgan fingerprint density at radius 1 is 1.17 bits per heavy atom. The number of tetrazole rings is 1. The minimum Gasteiger partial charge on any atom is -0.497 e. The highest BCUT2D eigenvalue weighted by Crippen LogP contribution is 2.41. The third-order valence-electron chi connectivity index (χ3n) is 5.15. The van der Waals surface area contributed by atoms with Gasteiger partial charge in [-0.3, -0.25) is 4.79 Å². The van der Waals surface area contributed by atoms with Gasteiger partial charge in [-0.15, -0.1) is 10.2 Å². The molecule has 1 aliphatic rings. The quantitative estimate of drug-likeness (QED) is 0.639. The number of ether oxygens (including phenoxy) is 1. The van der Waals surface area contributed by atoms with E-state index >= 15 is 0 Å². The molecule has 2 aromatic carbocycles. The molecule has 1 aromatic heterocycles. The smallest absolute Gasteiger partial charge is 0.244 e. The average molecular weight is 391 g/mol. The second kappa shape index (κ2) is 8.43. The van der Waals surface area contributed by atoms with E-state index < -0.39 is 0 Å². The van der Waals surface area contributed by atoms with Gasteiger partial charge in [0.1, 0.15) is 12.3 Å². The Hall–Kier alpha value is -3.22. The number of rotatable bonds is 8. The van der Waals surface area contributed by atoms with Gasteiger partial charge in [0.25, 0.3) is 0 Å². The molecule has 1 aliphatic carbocycles. The Morgan fingerprint density at radius 2 is 1.90 bits per heavy atom. The molecule has 1 heterocycles. The van der Waals surface area contributed by atoms with Gasteiger partial charge < -0.3 is 10.1 Å². The molecule has 0 spiro atoms. The second-order valence-corrected chi connectivity index (χ2v) is 7.55. The van der Waals surface area contributed by atoms with Gasteiger partial charge in [-0.05, 0) is 54.2 Å². The van der Waals surface area contributed by atoms with Gasteiger partial charge in [-0.2, -0.15) is 4.80 Å². The lowest BCUT2D eigenvalue weighted by Gasteiger charge is -2.19. The molecule has 0 aliphatic heterocycles. The third kappa shape index (κ3) is 4.99. The minimum absolute atomic E-state index is 0.00366. The van der Waals surface area contributed by atoms with Crippen molar-refractivity contribution >= 4 is 5.91 Å². The first-order valence-corrected chi connectivity index (χ1v) is 9.86. The van der Waals surface area contributed by atoms with Crippen LogP contribution in [0.3, 0.4) is 0 Å². The van der Waals surface area contributed by atoms with Crippen molar-refractivity contribution in [2.45, 2.75) is 38.8 Å². The number of methoxy groups -OCH3 is 1. The van der Waals surface area contributed by atoms with Crippen LogP contribution in [0.1, 0.15) is 41.4 Å². The molecule has 0 bridgehead atoms. The van der Waals surface area contributed by atoms with Crippen molar-refractivity contribution in [3.05, 3.63) is 71.0 Å². The number of carbonyl (C=O) groups excluding carboxylic acids is 1. The number of nitrogens with one attached hydrogen (secondary N) is 1. The molecule has 1 N–H and O–H groups in total. The largest absolute Gasteiger partial charge is 0.497 e. The van der Waals surface area contributed by atoms with Crippen molar-refractivity contribution in [3.63, 3.8) is 0 Å². The van der Waals surface area contributed by atoms with Crippen LogP contribution in [0.4, 0.5) is 0 Å². The van der Waals surface area contributed by atoms with E-state index in [0.717, 1.165) is 29.7 Å². The topological polar surface area (TPSA) is 81.9 Å². The molecule has 1 atom stereocenters. The number of hydrogen-bond donors (Lipinski definition) is 1. The Bertz CT molecular complexity index is 962. The van der Waals surface area contributed by atoms with Crippen molar-refractivity contribution in [1.82, 2.24) is 25.5 Å². The molecule has 0 unspecified atom stereocenters. The summed E-state index contributed by atoms with van der Waals surface area (Å²) in [5.74, 6) is 1.78. The fraction of sp³-hybridized carbons (Fsp3) is 0.364. The molecule has 0 radical (unpaired) electrons. The molecule has 1 amide bonds. The van der Waals surface area contributed by atoms with Crippen molar-refractivity contribution in [2.24, 2.45) is 5.92 Å². The lowest BCUT2D eigenvalue weighted by atomic mass is 10.0. The second-order valence-electron chi connectivity index (χ2n) is 7.55. The summed E-state index contributed by atoms with van der Waals surface area (Å²) >= 11 is 0. The maximum absolute atomic E-state index is 12.6. The highest BCUT2D eigenvalue weighted by molar-refractivity contribution is 5.76. The molecular weight excluding hydrogens is 366 g/mol. The van der Waals surface area contributed by atoms with Crippen molar-refractivity contribution in [3.8, 4) is 5.75 Å². The summed E-state index contributed by atoms with van der Waals surface area (Å²) in [6, 6.07) is 16.1. The predicted octanol–water partition coefficient (Wildman–Crippen LogP) is 2.85. The minimum atomic E-state index is -0.114. The molecular formula is C22H25N5O2. The standard InChI is InChI=1S/C22H25N5O2/c1-15-3-5-16(6-4-15)13-20-24-26-27(25-20)14-21(28)23-22(17-7-8-17)18-9-11-19(29-2)12-10-18/h3-6,9-12,17,22H,7-8,13-14H2,1-2H3,(H,23,28)/t22-/m0/s1. The highest BCUT2D eigenvalue weighted by atomic mass is 16.5. The molecule has 29 heavy (non-hydrogen) atoms. The molecule has 7 heteroatoms. The van der Waals surface area contributed by atoms with Crippen LogP contribution in [0, 0.1) is 12.8 Å². The van der Waals surface area contributed by atoms with Gasteiger partial charge in [0.15, 0.2) is 5.82 Å². The van der Waals surface area contributed by atoms with Crippen LogP contribution < -0.4 is 10.1 Å². The first-order valence-electron chi connectivity index (χ1n) is 9.86. The number of amides is 1. The van der Waals surface area contributed by atoms with E-state index in [2.05, 4.69) is 51.9 Å². The summed E-state index contributed by atoms with van der Waals surface area (Å²) in [5, 5.41) is 15.6. The summed E-state index contributed by atoms with van der Waals surface area (Å²) in [5.41, 5.74) is 3.42. The number of benzene rings is 2. The first kappa shape index (κ1) is 19.1. The monoisotopic (exact) mass is 391 g/mol. The number of nitrogens with zero attached hydrogens (tertiary/aromatic N) is 4. The molecule has 0 saturated heterocycles. The zero-order chi connectivity index (χ0) is 20.2. The van der Waals surface area contributed by atoms with Crippen LogP contribution in [-0.4, -0.2) is 33.2 Å². The van der Waals surface area contributed by atoms with Crippen molar-refractivity contribution in [1.29, 1.82) is 0 Å². The maximum atomic E-state index is 12.6. The molecule has 3 aromatic rings. The highest BCUT2D eigenvalue weighted by Gasteiger charge is 2.33. The predicted molar refractivity (Wildman–Crippen MR) is 108 cm³/mol. The SMILES string of the molecule is COc1ccc([C@@H](NC(=O)Cn2nnc(Cc3ccc(C)cc3)n2)C2CC2)cc1. The maximum Gasteiger partial charge on any atom is 0.244 e. The Labute approximate surface area is 170 Å². The van der Waals surface area contributed by atoms with E-state index in [1.807, 2.05) is 24.3 Å². The first-order chi connectivity index (χ1) is 14.1.